The predicted octanol–water partition coefficient (Wildman–Crippen LogP) is 8.60. The van der Waals surface area contributed by atoms with Crippen LogP contribution in [0.4, 0.5) is 17.6 Å². The molecule has 2 aliphatic rings. The number of aromatic amines is 2. The van der Waals surface area contributed by atoms with Gasteiger partial charge in [-0.1, -0.05) is 42.5 Å². The zero-order valence-corrected chi connectivity index (χ0v) is 33.2. The average molecular weight is 810 g/mol. The van der Waals surface area contributed by atoms with Crippen molar-refractivity contribution in [1.82, 2.24) is 25.5 Å². The average Bonchev–Trinajstić information content (AvgIpc) is 3.69. The zero-order chi connectivity index (χ0) is 41.4. The van der Waals surface area contributed by atoms with Crippen LogP contribution in [0.3, 0.4) is 0 Å². The molecule has 0 radical (unpaired) electrons. The Morgan fingerprint density at radius 2 is 1.69 bits per heavy atom. The number of benzene rings is 4. The highest BCUT2D eigenvalue weighted by molar-refractivity contribution is 6.10. The van der Waals surface area contributed by atoms with E-state index in [1.807, 2.05) is 60.4 Å². The van der Waals surface area contributed by atoms with E-state index in [4.69, 9.17) is 9.47 Å². The van der Waals surface area contributed by atoms with Crippen molar-refractivity contribution in [3.63, 3.8) is 0 Å². The Balaban J connectivity index is 0.809. The minimum atomic E-state index is -1.60. The number of carbonyl (C=O) groups is 2. The number of aromatic nitrogens is 2. The molecule has 4 N–H and O–H groups in total. The Morgan fingerprint density at radius 1 is 0.932 bits per heavy atom. The molecular weight excluding hydrogens is 763 g/mol. The Morgan fingerprint density at radius 3 is 2.46 bits per heavy atom. The molecule has 2 atom stereocenters. The van der Waals surface area contributed by atoms with E-state index < -0.39 is 29.2 Å². The highest BCUT2D eigenvalue weighted by atomic mass is 19.1. The summed E-state index contributed by atoms with van der Waals surface area (Å²) in [5.41, 5.74) is 5.24. The Labute approximate surface area is 339 Å². The molecule has 2 aliphatic heterocycles. The van der Waals surface area contributed by atoms with Crippen molar-refractivity contribution in [2.75, 3.05) is 32.9 Å². The number of ether oxygens (including phenoxy) is 2. The number of hydrogen-bond acceptors (Lipinski definition) is 5. The smallest absolute Gasteiger partial charge is 0.252 e. The van der Waals surface area contributed by atoms with Crippen LogP contribution in [0.5, 0.6) is 5.75 Å². The van der Waals surface area contributed by atoms with Crippen LogP contribution in [-0.2, 0) is 28.9 Å². The number of hydrogen-bond donors (Lipinski definition) is 4. The lowest BCUT2D eigenvalue weighted by Crippen LogP contribution is -2.48. The first-order valence-corrected chi connectivity index (χ1v) is 20.1. The van der Waals surface area contributed by atoms with Gasteiger partial charge in [-0.3, -0.25) is 14.5 Å². The number of fused-ring (bicyclic) bond motifs is 3. The lowest BCUT2D eigenvalue weighted by Gasteiger charge is -2.43. The first kappa shape index (κ1) is 40.1. The van der Waals surface area contributed by atoms with Crippen molar-refractivity contribution >= 4 is 33.6 Å². The number of nitrogens with one attached hydrogen (secondary N) is 4. The number of amides is 2. The van der Waals surface area contributed by atoms with Gasteiger partial charge in [-0.15, -0.1) is 0 Å². The molecule has 4 heterocycles. The molecule has 6 aromatic rings. The van der Waals surface area contributed by atoms with Crippen molar-refractivity contribution < 1.29 is 36.6 Å². The molecule has 0 unspecified atom stereocenters. The number of H-pyrrole nitrogens is 2. The maximum atomic E-state index is 16.0. The van der Waals surface area contributed by atoms with E-state index in [9.17, 15) is 14.0 Å². The van der Waals surface area contributed by atoms with E-state index >= 15 is 13.2 Å². The zero-order valence-electron chi connectivity index (χ0n) is 33.2. The Bertz CT molecular complexity index is 2500. The molecule has 2 aromatic heterocycles. The summed E-state index contributed by atoms with van der Waals surface area (Å²) in [6.45, 7) is 6.27. The van der Waals surface area contributed by atoms with Crippen LogP contribution in [-0.4, -0.2) is 71.3 Å². The molecule has 0 spiro atoms. The van der Waals surface area contributed by atoms with Crippen molar-refractivity contribution in [3.8, 4) is 17.0 Å². The second-order valence-electron chi connectivity index (χ2n) is 16.1. The minimum absolute atomic E-state index is 0.00926. The summed E-state index contributed by atoms with van der Waals surface area (Å²) in [6, 6.07) is 19.4. The van der Waals surface area contributed by atoms with Gasteiger partial charge in [-0.05, 0) is 74.1 Å². The van der Waals surface area contributed by atoms with E-state index in [1.165, 1.54) is 38.1 Å². The van der Waals surface area contributed by atoms with Gasteiger partial charge in [0.05, 0.1) is 24.8 Å². The number of para-hydroxylation sites is 1. The Kier molecular flexibility index (Phi) is 11.2. The first-order valence-electron chi connectivity index (χ1n) is 20.1. The minimum Gasteiger partial charge on any atom is -0.493 e. The van der Waals surface area contributed by atoms with Crippen molar-refractivity contribution in [2.45, 2.75) is 70.8 Å². The third kappa shape index (κ3) is 8.44. The third-order valence-electron chi connectivity index (χ3n) is 11.2. The van der Waals surface area contributed by atoms with Crippen LogP contribution in [0.2, 0.25) is 0 Å². The summed E-state index contributed by atoms with van der Waals surface area (Å²) < 4.78 is 72.6. The maximum absolute atomic E-state index is 16.0. The van der Waals surface area contributed by atoms with E-state index in [0.29, 0.717) is 49.1 Å². The fraction of sp³-hybridized carbons (Fsp3) is 0.348. The molecule has 0 bridgehead atoms. The monoisotopic (exact) mass is 809 g/mol. The van der Waals surface area contributed by atoms with Gasteiger partial charge < -0.3 is 30.1 Å². The van der Waals surface area contributed by atoms with Crippen LogP contribution in [0.1, 0.15) is 78.0 Å². The SMILES string of the molecule is C[C@@H]1Cc2c([nH]c3ccccc23)[C@@H](c2c(F)cc(OCCCOCCC(=O)NCc3ccc(-c4[nH]c5cc(F)cc6c5c4CCNC6=O)cc3)cc2F)N1CC(C)(C)F. The predicted molar refractivity (Wildman–Crippen MR) is 219 cm³/mol. The molecule has 2 amide bonds. The summed E-state index contributed by atoms with van der Waals surface area (Å²) in [5.74, 6) is -2.45. The van der Waals surface area contributed by atoms with E-state index in [-0.39, 0.29) is 62.0 Å². The molecule has 0 aliphatic carbocycles. The molecule has 0 fully saturated rings. The topological polar surface area (TPSA) is 111 Å². The van der Waals surface area contributed by atoms with Gasteiger partial charge in [0.25, 0.3) is 5.91 Å². The normalized spacial score (nSPS) is 16.9. The van der Waals surface area contributed by atoms with Gasteiger partial charge in [0, 0.05) is 96.0 Å². The number of alkyl halides is 1. The number of nitrogens with zero attached hydrogens (tertiary/aromatic N) is 1. The highest BCUT2D eigenvalue weighted by Gasteiger charge is 2.41. The summed E-state index contributed by atoms with van der Waals surface area (Å²) in [4.78, 5) is 33.6. The van der Waals surface area contributed by atoms with Crippen LogP contribution >= 0.6 is 0 Å². The second kappa shape index (κ2) is 16.5. The maximum Gasteiger partial charge on any atom is 0.252 e. The second-order valence-corrected chi connectivity index (χ2v) is 16.1. The van der Waals surface area contributed by atoms with Crippen LogP contribution in [0, 0.1) is 17.5 Å². The van der Waals surface area contributed by atoms with Crippen LogP contribution in [0.25, 0.3) is 33.1 Å². The van der Waals surface area contributed by atoms with Crippen molar-refractivity contribution in [2.24, 2.45) is 0 Å². The molecule has 308 valence electrons. The van der Waals surface area contributed by atoms with E-state index in [0.717, 1.165) is 44.2 Å². The van der Waals surface area contributed by atoms with Gasteiger partial charge >= 0.3 is 0 Å². The summed E-state index contributed by atoms with van der Waals surface area (Å²) in [6.07, 6.45) is 1.80. The highest BCUT2D eigenvalue weighted by Crippen LogP contribution is 2.44. The van der Waals surface area contributed by atoms with Gasteiger partial charge in [-0.2, -0.15) is 0 Å². The molecule has 13 heteroatoms. The Hall–Kier alpha value is -5.66. The summed E-state index contributed by atoms with van der Waals surface area (Å²) in [5, 5.41) is 7.46. The number of halogens is 4. The lowest BCUT2D eigenvalue weighted by atomic mass is 9.87. The molecule has 59 heavy (non-hydrogen) atoms. The molecule has 4 aromatic carbocycles. The van der Waals surface area contributed by atoms with E-state index in [2.05, 4.69) is 20.6 Å². The lowest BCUT2D eigenvalue weighted by molar-refractivity contribution is -0.122. The molecule has 0 saturated heterocycles. The molecule has 8 rings (SSSR count). The van der Waals surface area contributed by atoms with Crippen LogP contribution in [0.15, 0.2) is 72.8 Å². The van der Waals surface area contributed by atoms with Gasteiger partial charge in [0.15, 0.2) is 0 Å². The summed E-state index contributed by atoms with van der Waals surface area (Å²) >= 11 is 0. The molecular formula is C46H47F4N5O4. The molecule has 9 nitrogen and oxygen atoms in total. The van der Waals surface area contributed by atoms with Gasteiger partial charge in [-0.25, -0.2) is 17.6 Å². The van der Waals surface area contributed by atoms with Crippen molar-refractivity contribution in [3.05, 3.63) is 124 Å². The fourth-order valence-corrected chi connectivity index (χ4v) is 8.54. The number of rotatable bonds is 14. The quantitative estimate of drug-likeness (QED) is 0.0651. The fourth-order valence-electron chi connectivity index (χ4n) is 8.54. The number of carbonyl (C=O) groups excluding carboxylic acids is 2. The third-order valence-corrected chi connectivity index (χ3v) is 11.2. The van der Waals surface area contributed by atoms with Gasteiger partial charge in [0.2, 0.25) is 5.91 Å². The van der Waals surface area contributed by atoms with E-state index in [1.54, 1.807) is 0 Å². The molecule has 0 saturated carbocycles. The van der Waals surface area contributed by atoms with Gasteiger partial charge in [0.1, 0.15) is 28.9 Å². The van der Waals surface area contributed by atoms with Crippen LogP contribution < -0.4 is 15.4 Å². The first-order chi connectivity index (χ1) is 28.3. The largest absolute Gasteiger partial charge is 0.493 e. The van der Waals surface area contributed by atoms with Crippen molar-refractivity contribution in [1.29, 1.82) is 0 Å². The standard InChI is InChI=1S/C46H47F4N5O4/c1-26-19-33-31-7-4-5-8-37(31)53-43(33)44(55(26)25-46(2,3)50)41-35(48)22-30(23-36(41)49)59-17-6-16-58-18-14-39(56)52-24-27-9-11-28(12-10-27)42-32-13-15-51-45(57)34-20-29(47)21-38(54-42)40(32)34/h4-5,7-12,20-23,26,44,53-54H,6,13-19,24-25H2,1-3H3,(H,51,57)(H,52,56)/t26-,44-/m1/s1. The summed E-state index contributed by atoms with van der Waals surface area (Å²) in [7, 11) is 0.